The fraction of sp³-hybridized carbons (Fsp3) is 0.227. The van der Waals surface area contributed by atoms with Gasteiger partial charge in [-0.3, -0.25) is 14.6 Å². The molecule has 0 radical (unpaired) electrons. The number of amides is 2. The van der Waals surface area contributed by atoms with Crippen LogP contribution in [0.3, 0.4) is 0 Å². The summed E-state index contributed by atoms with van der Waals surface area (Å²) in [7, 11) is 1.61. The van der Waals surface area contributed by atoms with Gasteiger partial charge < -0.3 is 15.4 Å². The Morgan fingerprint density at radius 2 is 1.79 bits per heavy atom. The quantitative estimate of drug-likeness (QED) is 0.694. The number of carbonyl (C=O) groups is 2. The number of benzene rings is 2. The van der Waals surface area contributed by atoms with E-state index in [0.717, 1.165) is 22.2 Å². The molecule has 6 heteroatoms. The normalized spacial score (nSPS) is 17.8. The third-order valence-electron chi connectivity index (χ3n) is 4.98. The highest BCUT2D eigenvalue weighted by Gasteiger charge is 2.48. The molecule has 0 bridgehead atoms. The fourth-order valence-electron chi connectivity index (χ4n) is 3.27. The number of nitrogens with zero attached hydrogens (tertiary/aromatic N) is 1. The SMILES string of the molecule is COc1ccc(CNC(=O)C2CC2C(=O)Nc2cccc3cccnc23)cc1. The second kappa shape index (κ2) is 7.68. The number of pyridine rings is 1. The number of ether oxygens (including phenoxy) is 1. The van der Waals surface area contributed by atoms with E-state index in [0.29, 0.717) is 18.7 Å². The van der Waals surface area contributed by atoms with Gasteiger partial charge in [0.15, 0.2) is 0 Å². The maximum Gasteiger partial charge on any atom is 0.228 e. The Hall–Kier alpha value is -3.41. The summed E-state index contributed by atoms with van der Waals surface area (Å²) in [4.78, 5) is 29.2. The molecule has 4 rings (SSSR count). The first-order valence-corrected chi connectivity index (χ1v) is 9.21. The van der Waals surface area contributed by atoms with Crippen LogP contribution in [0.25, 0.3) is 10.9 Å². The third-order valence-corrected chi connectivity index (χ3v) is 4.98. The van der Waals surface area contributed by atoms with Gasteiger partial charge in [-0.1, -0.05) is 30.3 Å². The van der Waals surface area contributed by atoms with Crippen molar-refractivity contribution in [3.8, 4) is 5.75 Å². The molecule has 2 amide bonds. The molecule has 142 valence electrons. The summed E-state index contributed by atoms with van der Waals surface area (Å²) in [5.74, 6) is -0.0253. The Balaban J connectivity index is 1.32. The van der Waals surface area contributed by atoms with E-state index in [1.165, 1.54) is 0 Å². The van der Waals surface area contributed by atoms with Crippen LogP contribution in [0.15, 0.2) is 60.8 Å². The van der Waals surface area contributed by atoms with E-state index >= 15 is 0 Å². The van der Waals surface area contributed by atoms with E-state index in [1.54, 1.807) is 13.3 Å². The summed E-state index contributed by atoms with van der Waals surface area (Å²) < 4.78 is 5.12. The molecular formula is C22H21N3O3. The first kappa shape index (κ1) is 18.0. The number of fused-ring (bicyclic) bond motifs is 1. The summed E-state index contributed by atoms with van der Waals surface area (Å²) in [6.45, 7) is 0.431. The van der Waals surface area contributed by atoms with E-state index in [1.807, 2.05) is 54.6 Å². The lowest BCUT2D eigenvalue weighted by Gasteiger charge is -2.08. The molecule has 1 saturated carbocycles. The van der Waals surface area contributed by atoms with Gasteiger partial charge in [0, 0.05) is 18.1 Å². The Morgan fingerprint density at radius 1 is 1.04 bits per heavy atom. The van der Waals surface area contributed by atoms with E-state index < -0.39 is 0 Å². The summed E-state index contributed by atoms with van der Waals surface area (Å²) in [6, 6.07) is 17.0. The number of carbonyl (C=O) groups excluding carboxylic acids is 2. The van der Waals surface area contributed by atoms with Gasteiger partial charge in [0.05, 0.1) is 30.1 Å². The number of para-hydroxylation sites is 1. The van der Waals surface area contributed by atoms with Gasteiger partial charge in [-0.05, 0) is 36.2 Å². The first-order chi connectivity index (χ1) is 13.7. The number of aromatic nitrogens is 1. The highest BCUT2D eigenvalue weighted by Crippen LogP contribution is 2.40. The number of anilines is 1. The van der Waals surface area contributed by atoms with Crippen LogP contribution in [-0.4, -0.2) is 23.9 Å². The summed E-state index contributed by atoms with van der Waals surface area (Å²) in [6.07, 6.45) is 2.27. The molecule has 3 aromatic rings. The number of nitrogens with one attached hydrogen (secondary N) is 2. The van der Waals surface area contributed by atoms with E-state index in [2.05, 4.69) is 15.6 Å². The zero-order chi connectivity index (χ0) is 19.5. The predicted octanol–water partition coefficient (Wildman–Crippen LogP) is 3.13. The van der Waals surface area contributed by atoms with Crippen molar-refractivity contribution in [1.82, 2.24) is 10.3 Å². The Kier molecular flexibility index (Phi) is 4.93. The molecule has 6 nitrogen and oxygen atoms in total. The van der Waals surface area contributed by atoms with Crippen LogP contribution in [0.5, 0.6) is 5.75 Å². The van der Waals surface area contributed by atoms with Crippen LogP contribution in [0.4, 0.5) is 5.69 Å². The minimum atomic E-state index is -0.296. The van der Waals surface area contributed by atoms with Crippen LogP contribution in [0.2, 0.25) is 0 Å². The van der Waals surface area contributed by atoms with Gasteiger partial charge in [-0.25, -0.2) is 0 Å². The molecule has 1 aliphatic rings. The van der Waals surface area contributed by atoms with Crippen molar-refractivity contribution in [2.75, 3.05) is 12.4 Å². The van der Waals surface area contributed by atoms with Crippen molar-refractivity contribution in [1.29, 1.82) is 0 Å². The molecular weight excluding hydrogens is 354 g/mol. The molecule has 1 heterocycles. The van der Waals surface area contributed by atoms with Crippen molar-refractivity contribution in [2.45, 2.75) is 13.0 Å². The largest absolute Gasteiger partial charge is 0.497 e. The Labute approximate surface area is 162 Å². The average molecular weight is 375 g/mol. The summed E-state index contributed by atoms with van der Waals surface area (Å²) in [5.41, 5.74) is 2.41. The lowest BCUT2D eigenvalue weighted by atomic mass is 10.2. The van der Waals surface area contributed by atoms with Crippen molar-refractivity contribution >= 4 is 28.4 Å². The highest BCUT2D eigenvalue weighted by molar-refractivity contribution is 6.04. The molecule has 2 aromatic carbocycles. The van der Waals surface area contributed by atoms with E-state index in [9.17, 15) is 9.59 Å². The minimum absolute atomic E-state index is 0.0907. The maximum atomic E-state index is 12.5. The number of hydrogen-bond acceptors (Lipinski definition) is 4. The topological polar surface area (TPSA) is 80.3 Å². The van der Waals surface area contributed by atoms with Gasteiger partial charge in [0.25, 0.3) is 0 Å². The van der Waals surface area contributed by atoms with Crippen LogP contribution < -0.4 is 15.4 Å². The Bertz CT molecular complexity index is 1010. The van der Waals surface area contributed by atoms with Gasteiger partial charge in [-0.2, -0.15) is 0 Å². The summed E-state index contributed by atoms with van der Waals surface area (Å²) >= 11 is 0. The molecule has 1 aromatic heterocycles. The van der Waals surface area contributed by atoms with Crippen molar-refractivity contribution in [3.05, 3.63) is 66.4 Å². The van der Waals surface area contributed by atoms with Crippen molar-refractivity contribution in [2.24, 2.45) is 11.8 Å². The molecule has 28 heavy (non-hydrogen) atoms. The van der Waals surface area contributed by atoms with Gasteiger partial charge in [0.2, 0.25) is 11.8 Å². The summed E-state index contributed by atoms with van der Waals surface area (Å²) in [5, 5.41) is 6.79. The molecule has 1 aliphatic carbocycles. The zero-order valence-corrected chi connectivity index (χ0v) is 15.5. The second-order valence-corrected chi connectivity index (χ2v) is 6.88. The number of hydrogen-bond donors (Lipinski definition) is 2. The van der Waals surface area contributed by atoms with Crippen molar-refractivity contribution < 1.29 is 14.3 Å². The van der Waals surface area contributed by atoms with E-state index in [-0.39, 0.29) is 23.7 Å². The molecule has 2 atom stereocenters. The van der Waals surface area contributed by atoms with Gasteiger partial charge in [0.1, 0.15) is 5.75 Å². The number of methoxy groups -OCH3 is 1. The number of rotatable bonds is 6. The van der Waals surface area contributed by atoms with Gasteiger partial charge >= 0.3 is 0 Å². The molecule has 2 N–H and O–H groups in total. The molecule has 0 spiro atoms. The highest BCUT2D eigenvalue weighted by atomic mass is 16.5. The van der Waals surface area contributed by atoms with Crippen LogP contribution in [0, 0.1) is 11.8 Å². The van der Waals surface area contributed by atoms with Crippen LogP contribution in [0.1, 0.15) is 12.0 Å². The van der Waals surface area contributed by atoms with E-state index in [4.69, 9.17) is 4.74 Å². The third kappa shape index (κ3) is 3.81. The van der Waals surface area contributed by atoms with Crippen LogP contribution in [-0.2, 0) is 16.1 Å². The lowest BCUT2D eigenvalue weighted by Crippen LogP contribution is -2.27. The zero-order valence-electron chi connectivity index (χ0n) is 15.5. The molecule has 0 aliphatic heterocycles. The minimum Gasteiger partial charge on any atom is -0.497 e. The maximum absolute atomic E-state index is 12.5. The first-order valence-electron chi connectivity index (χ1n) is 9.21. The van der Waals surface area contributed by atoms with Crippen LogP contribution >= 0.6 is 0 Å². The fourth-order valence-corrected chi connectivity index (χ4v) is 3.27. The molecule has 2 unspecified atom stereocenters. The van der Waals surface area contributed by atoms with Gasteiger partial charge in [-0.15, -0.1) is 0 Å². The Morgan fingerprint density at radius 3 is 2.57 bits per heavy atom. The predicted molar refractivity (Wildman–Crippen MR) is 107 cm³/mol. The average Bonchev–Trinajstić information content (AvgIpc) is 3.54. The molecule has 1 fully saturated rings. The van der Waals surface area contributed by atoms with Crippen molar-refractivity contribution in [3.63, 3.8) is 0 Å². The smallest absolute Gasteiger partial charge is 0.228 e. The second-order valence-electron chi connectivity index (χ2n) is 6.88. The molecule has 0 saturated heterocycles. The monoisotopic (exact) mass is 375 g/mol. The lowest BCUT2D eigenvalue weighted by molar-refractivity contribution is -0.125. The standard InChI is InChI=1S/C22H21N3O3/c1-28-16-9-7-14(8-10-16)13-24-21(26)17-12-18(17)22(27)25-19-6-2-4-15-5-3-11-23-20(15)19/h2-11,17-18H,12-13H2,1H3,(H,24,26)(H,25,27).